The van der Waals surface area contributed by atoms with Crippen LogP contribution in [-0.4, -0.2) is 47.4 Å². The van der Waals surface area contributed by atoms with E-state index in [1.54, 1.807) is 0 Å². The number of amides is 2. The van der Waals surface area contributed by atoms with Crippen LogP contribution in [0.2, 0.25) is 0 Å². The molecule has 2 aliphatic heterocycles. The molecule has 2 amide bonds. The number of nitrogens with one attached hydrogen (secondary N) is 3. The van der Waals surface area contributed by atoms with E-state index >= 15 is 0 Å². The van der Waals surface area contributed by atoms with Gasteiger partial charge in [0, 0.05) is 54.3 Å². The van der Waals surface area contributed by atoms with Gasteiger partial charge in [0.15, 0.2) is 0 Å². The SMILES string of the molecule is Cc1cc(C)cc(-c2[nH]c3sc(C(C)(C)CC4C5CCC4C(=O)N5)cc3c2[C@H](C)CNC(=O)C2CN(Cc3cccc(C#N)c3)C2)c1. The first kappa shape index (κ1) is 31.7. The summed E-state index contributed by atoms with van der Waals surface area (Å²) < 4.78 is 0. The number of carbonyl (C=O) groups excluding carboxylic acids is 2. The zero-order valence-corrected chi connectivity index (χ0v) is 28.9. The van der Waals surface area contributed by atoms with Gasteiger partial charge in [-0.15, -0.1) is 11.3 Å². The Morgan fingerprint density at radius 1 is 1.13 bits per heavy atom. The van der Waals surface area contributed by atoms with E-state index in [-0.39, 0.29) is 35.0 Å². The molecule has 7 nitrogen and oxygen atoms in total. The molecule has 1 aliphatic carbocycles. The average molecular weight is 648 g/mol. The Morgan fingerprint density at radius 3 is 2.57 bits per heavy atom. The number of likely N-dealkylation sites (tertiary alicyclic amines) is 1. The predicted octanol–water partition coefficient (Wildman–Crippen LogP) is 6.93. The summed E-state index contributed by atoms with van der Waals surface area (Å²) in [5.74, 6) is 1.01. The van der Waals surface area contributed by atoms with Crippen molar-refractivity contribution in [3.8, 4) is 17.3 Å². The summed E-state index contributed by atoms with van der Waals surface area (Å²) in [5.41, 5.74) is 7.76. The highest BCUT2D eigenvalue weighted by atomic mass is 32.1. The highest BCUT2D eigenvalue weighted by Crippen LogP contribution is 2.48. The van der Waals surface area contributed by atoms with Crippen molar-refractivity contribution in [3.05, 3.63) is 81.2 Å². The van der Waals surface area contributed by atoms with Gasteiger partial charge in [0.1, 0.15) is 4.83 Å². The quantitative estimate of drug-likeness (QED) is 0.174. The van der Waals surface area contributed by atoms with Crippen molar-refractivity contribution in [1.82, 2.24) is 20.5 Å². The number of H-pyrrole nitrogens is 1. The first-order chi connectivity index (χ1) is 22.5. The van der Waals surface area contributed by atoms with Crippen LogP contribution >= 0.6 is 11.3 Å². The fourth-order valence-corrected chi connectivity index (χ4v) is 9.58. The van der Waals surface area contributed by atoms with Crippen LogP contribution in [0.25, 0.3) is 21.5 Å². The summed E-state index contributed by atoms with van der Waals surface area (Å²) in [4.78, 5) is 34.3. The molecule has 3 aliphatic rings. The third-order valence-electron chi connectivity index (χ3n) is 10.8. The number of nitrogens with zero attached hydrogens (tertiary/aromatic N) is 2. The van der Waals surface area contributed by atoms with Crippen molar-refractivity contribution >= 4 is 33.4 Å². The minimum Gasteiger partial charge on any atom is -0.355 e. The number of hydrogen-bond donors (Lipinski definition) is 3. The van der Waals surface area contributed by atoms with Gasteiger partial charge in [-0.3, -0.25) is 14.5 Å². The van der Waals surface area contributed by atoms with Crippen molar-refractivity contribution in [2.75, 3.05) is 19.6 Å². The van der Waals surface area contributed by atoms with Gasteiger partial charge in [-0.05, 0) is 91.5 Å². The average Bonchev–Trinajstić information content (AvgIpc) is 3.76. The zero-order valence-electron chi connectivity index (χ0n) is 28.1. The lowest BCUT2D eigenvalue weighted by atomic mass is 9.77. The molecule has 7 rings (SSSR count). The lowest BCUT2D eigenvalue weighted by Crippen LogP contribution is -2.53. The molecular weight excluding hydrogens is 603 g/mol. The van der Waals surface area contributed by atoms with E-state index in [1.165, 1.54) is 37.3 Å². The Balaban J connectivity index is 1.09. The molecular formula is C39H45N5O2S. The zero-order chi connectivity index (χ0) is 33.0. The van der Waals surface area contributed by atoms with Crippen LogP contribution < -0.4 is 10.6 Å². The summed E-state index contributed by atoms with van der Waals surface area (Å²) in [7, 11) is 0. The van der Waals surface area contributed by atoms with Gasteiger partial charge in [-0.1, -0.05) is 50.1 Å². The van der Waals surface area contributed by atoms with E-state index in [1.807, 2.05) is 35.6 Å². The number of thiophene rings is 1. The molecule has 0 radical (unpaired) electrons. The Labute approximate surface area is 281 Å². The van der Waals surface area contributed by atoms with Gasteiger partial charge < -0.3 is 15.6 Å². The van der Waals surface area contributed by atoms with E-state index in [2.05, 4.69) is 85.5 Å². The molecule has 4 atom stereocenters. The molecule has 4 heterocycles. The topological polar surface area (TPSA) is 101 Å². The second-order valence-corrected chi connectivity index (χ2v) is 16.1. The van der Waals surface area contributed by atoms with Crippen molar-refractivity contribution < 1.29 is 9.59 Å². The van der Waals surface area contributed by atoms with E-state index < -0.39 is 0 Å². The van der Waals surface area contributed by atoms with Gasteiger partial charge in [0.05, 0.1) is 23.2 Å². The second kappa shape index (κ2) is 12.3. The number of aromatic nitrogens is 1. The van der Waals surface area contributed by atoms with E-state index in [0.717, 1.165) is 50.2 Å². The predicted molar refractivity (Wildman–Crippen MR) is 188 cm³/mol. The maximum atomic E-state index is 13.3. The van der Waals surface area contributed by atoms with Crippen LogP contribution in [0, 0.1) is 42.9 Å². The van der Waals surface area contributed by atoms with Gasteiger partial charge in [0.2, 0.25) is 11.8 Å². The summed E-state index contributed by atoms with van der Waals surface area (Å²) in [6.07, 6.45) is 3.12. The number of aryl methyl sites for hydroxylation is 2. The highest BCUT2D eigenvalue weighted by Gasteiger charge is 2.49. The van der Waals surface area contributed by atoms with Gasteiger partial charge in [0.25, 0.3) is 0 Å². The van der Waals surface area contributed by atoms with Crippen LogP contribution in [0.4, 0.5) is 0 Å². The first-order valence-electron chi connectivity index (χ1n) is 17.0. The lowest BCUT2D eigenvalue weighted by molar-refractivity contribution is -0.130. The number of piperidine rings is 1. The highest BCUT2D eigenvalue weighted by molar-refractivity contribution is 7.18. The first-order valence-corrected chi connectivity index (χ1v) is 17.8. The summed E-state index contributed by atoms with van der Waals surface area (Å²) in [5, 5.41) is 17.0. The van der Waals surface area contributed by atoms with E-state index in [9.17, 15) is 14.9 Å². The fraction of sp³-hybridized carbons (Fsp3) is 0.462. The van der Waals surface area contributed by atoms with Gasteiger partial charge in [-0.25, -0.2) is 0 Å². The van der Waals surface area contributed by atoms with Crippen molar-refractivity contribution in [3.63, 3.8) is 0 Å². The molecule has 1 saturated carbocycles. The summed E-state index contributed by atoms with van der Waals surface area (Å²) >= 11 is 1.84. The molecule has 244 valence electrons. The van der Waals surface area contributed by atoms with Gasteiger partial charge >= 0.3 is 0 Å². The molecule has 2 aromatic carbocycles. The molecule has 2 saturated heterocycles. The number of carbonyl (C=O) groups is 2. The third-order valence-corrected chi connectivity index (χ3v) is 12.2. The molecule has 2 bridgehead atoms. The van der Waals surface area contributed by atoms with Crippen molar-refractivity contribution in [1.29, 1.82) is 5.26 Å². The normalized spacial score (nSPS) is 21.9. The van der Waals surface area contributed by atoms with Crippen LogP contribution in [0.1, 0.15) is 78.6 Å². The Hall–Kier alpha value is -3.93. The third kappa shape index (κ3) is 6.12. The van der Waals surface area contributed by atoms with Crippen molar-refractivity contribution in [2.45, 2.75) is 77.8 Å². The number of nitriles is 1. The molecule has 3 unspecified atom stereocenters. The van der Waals surface area contributed by atoms with Crippen LogP contribution in [0.15, 0.2) is 48.5 Å². The molecule has 3 N–H and O–H groups in total. The number of benzene rings is 2. The second-order valence-electron chi connectivity index (χ2n) is 15.0. The smallest absolute Gasteiger partial charge is 0.225 e. The Kier molecular flexibility index (Phi) is 8.26. The molecule has 3 fully saturated rings. The van der Waals surface area contributed by atoms with Crippen LogP contribution in [-0.2, 0) is 21.5 Å². The number of rotatable bonds is 10. The molecule has 0 spiro atoms. The maximum absolute atomic E-state index is 13.3. The monoisotopic (exact) mass is 647 g/mol. The van der Waals surface area contributed by atoms with Crippen molar-refractivity contribution in [2.24, 2.45) is 17.8 Å². The molecule has 4 aromatic rings. The largest absolute Gasteiger partial charge is 0.355 e. The fourth-order valence-electron chi connectivity index (χ4n) is 8.39. The molecule has 47 heavy (non-hydrogen) atoms. The standard InChI is InChI=1S/C39H45N5O2S/c1-22-11-23(2)13-27(12-22)35-34(24(3)18-41-36(45)28-20-44(21-28)19-26-8-6-7-25(14-26)17-40)30-15-33(47-38(30)43-35)39(4,5)16-31-29-9-10-32(31)42-37(29)46/h6-8,11-15,24,28-29,31-32,43H,9-10,16,18-21H2,1-5H3,(H,41,45)(H,42,46)/t24-,29?,31?,32?/m1/s1. The molecule has 2 aromatic heterocycles. The Morgan fingerprint density at radius 2 is 1.89 bits per heavy atom. The number of fused-ring (bicyclic) bond motifs is 3. The van der Waals surface area contributed by atoms with Crippen LogP contribution in [0.3, 0.4) is 0 Å². The summed E-state index contributed by atoms with van der Waals surface area (Å²) in [6.45, 7) is 13.9. The molecule has 8 heteroatoms. The summed E-state index contributed by atoms with van der Waals surface area (Å²) in [6, 6.07) is 19.3. The maximum Gasteiger partial charge on any atom is 0.225 e. The lowest BCUT2D eigenvalue weighted by Gasteiger charge is -2.38. The minimum absolute atomic E-state index is 0.0210. The van der Waals surface area contributed by atoms with E-state index in [0.29, 0.717) is 24.1 Å². The van der Waals surface area contributed by atoms with E-state index in [4.69, 9.17) is 0 Å². The van der Waals surface area contributed by atoms with Gasteiger partial charge in [-0.2, -0.15) is 5.26 Å². The Bertz CT molecular complexity index is 1870. The minimum atomic E-state index is -0.0524. The number of hydrogen-bond acceptors (Lipinski definition) is 5. The number of aromatic amines is 1. The van der Waals surface area contributed by atoms with Crippen LogP contribution in [0.5, 0.6) is 0 Å².